The number of hydrogen-bond donors (Lipinski definition) is 0. The second-order valence-electron chi connectivity index (χ2n) is 7.58. The zero-order chi connectivity index (χ0) is 20.3. The Morgan fingerprint density at radius 3 is 2.60 bits per heavy atom. The van der Waals surface area contributed by atoms with E-state index in [0.29, 0.717) is 6.42 Å². The van der Waals surface area contributed by atoms with E-state index in [-0.39, 0.29) is 5.91 Å². The number of rotatable bonds is 5. The van der Waals surface area contributed by atoms with Gasteiger partial charge in [0.25, 0.3) is 0 Å². The molecule has 0 radical (unpaired) electrons. The standard InChI is InChI=1S/C24H23N3OS2/c28-24(15-19-7-3-6-18-5-1-2-8-20(18)19)27-12-10-26(11-13-27)16-23-25-21(17-30-23)22-9-4-14-29-22/h1-9,14,17H,10-13,15-16H2. The summed E-state index contributed by atoms with van der Waals surface area (Å²) in [6.07, 6.45) is 0.470. The Balaban J connectivity index is 1.17. The van der Waals surface area contributed by atoms with E-state index in [9.17, 15) is 4.79 Å². The van der Waals surface area contributed by atoms with Gasteiger partial charge in [-0.3, -0.25) is 9.69 Å². The molecule has 6 heteroatoms. The van der Waals surface area contributed by atoms with E-state index in [1.807, 2.05) is 23.1 Å². The number of amides is 1. The van der Waals surface area contributed by atoms with Crippen LogP contribution in [0.4, 0.5) is 0 Å². The van der Waals surface area contributed by atoms with Crippen LogP contribution in [0, 0.1) is 0 Å². The fourth-order valence-electron chi connectivity index (χ4n) is 3.99. The van der Waals surface area contributed by atoms with Gasteiger partial charge in [-0.05, 0) is 27.8 Å². The topological polar surface area (TPSA) is 36.4 Å². The van der Waals surface area contributed by atoms with Crippen molar-refractivity contribution in [3.05, 3.63) is 75.9 Å². The molecule has 2 aromatic heterocycles. The Labute approximate surface area is 184 Å². The molecule has 1 fully saturated rings. The van der Waals surface area contributed by atoms with Gasteiger partial charge in [-0.25, -0.2) is 4.98 Å². The summed E-state index contributed by atoms with van der Waals surface area (Å²) in [6.45, 7) is 4.23. The average Bonchev–Trinajstić information content (AvgIpc) is 3.47. The molecule has 4 nitrogen and oxygen atoms in total. The number of thiophene rings is 1. The molecule has 0 spiro atoms. The predicted molar refractivity (Wildman–Crippen MR) is 125 cm³/mol. The van der Waals surface area contributed by atoms with Crippen molar-refractivity contribution in [2.45, 2.75) is 13.0 Å². The fraction of sp³-hybridized carbons (Fsp3) is 0.250. The van der Waals surface area contributed by atoms with Crippen molar-refractivity contribution in [3.8, 4) is 10.6 Å². The average molecular weight is 434 g/mol. The van der Waals surface area contributed by atoms with Crippen LogP contribution < -0.4 is 0 Å². The summed E-state index contributed by atoms with van der Waals surface area (Å²) in [5.41, 5.74) is 2.19. The first-order valence-corrected chi connectivity index (χ1v) is 12.0. The summed E-state index contributed by atoms with van der Waals surface area (Å²) < 4.78 is 0. The number of nitrogens with zero attached hydrogens (tertiary/aromatic N) is 3. The molecule has 1 aliphatic rings. The lowest BCUT2D eigenvalue weighted by Gasteiger charge is -2.34. The van der Waals surface area contributed by atoms with Crippen LogP contribution in [0.25, 0.3) is 21.3 Å². The van der Waals surface area contributed by atoms with Crippen molar-refractivity contribution < 1.29 is 4.79 Å². The van der Waals surface area contributed by atoms with Crippen molar-refractivity contribution in [2.24, 2.45) is 0 Å². The highest BCUT2D eigenvalue weighted by Crippen LogP contribution is 2.27. The number of fused-ring (bicyclic) bond motifs is 1. The fourth-order valence-corrected chi connectivity index (χ4v) is 5.59. The van der Waals surface area contributed by atoms with E-state index in [1.165, 1.54) is 15.6 Å². The third kappa shape index (κ3) is 4.17. The molecule has 152 valence electrons. The number of carbonyl (C=O) groups is 1. The number of hydrogen-bond acceptors (Lipinski definition) is 5. The van der Waals surface area contributed by atoms with Crippen molar-refractivity contribution in [1.82, 2.24) is 14.8 Å². The third-order valence-electron chi connectivity index (χ3n) is 5.63. The summed E-state index contributed by atoms with van der Waals surface area (Å²) in [7, 11) is 0. The molecular formula is C24H23N3OS2. The van der Waals surface area contributed by atoms with Gasteiger partial charge in [0.2, 0.25) is 5.91 Å². The summed E-state index contributed by atoms with van der Waals surface area (Å²) in [6, 6.07) is 18.7. The molecule has 5 rings (SSSR count). The zero-order valence-electron chi connectivity index (χ0n) is 16.7. The molecule has 3 heterocycles. The number of piperazine rings is 1. The Hall–Kier alpha value is -2.54. The number of benzene rings is 2. The molecule has 30 heavy (non-hydrogen) atoms. The predicted octanol–water partition coefficient (Wildman–Crippen LogP) is 4.91. The summed E-state index contributed by atoms with van der Waals surface area (Å²) >= 11 is 3.45. The monoisotopic (exact) mass is 433 g/mol. The minimum atomic E-state index is 0.222. The van der Waals surface area contributed by atoms with Gasteiger partial charge >= 0.3 is 0 Å². The van der Waals surface area contributed by atoms with Gasteiger partial charge in [0.1, 0.15) is 5.01 Å². The Morgan fingerprint density at radius 1 is 0.933 bits per heavy atom. The van der Waals surface area contributed by atoms with Crippen LogP contribution in [0.3, 0.4) is 0 Å². The molecule has 0 bridgehead atoms. The maximum absolute atomic E-state index is 12.9. The third-order valence-corrected chi connectivity index (χ3v) is 7.36. The summed E-state index contributed by atoms with van der Waals surface area (Å²) in [5.74, 6) is 0.222. The maximum Gasteiger partial charge on any atom is 0.227 e. The maximum atomic E-state index is 12.9. The molecular weight excluding hydrogens is 410 g/mol. The van der Waals surface area contributed by atoms with E-state index in [0.717, 1.165) is 49.0 Å². The van der Waals surface area contributed by atoms with E-state index in [4.69, 9.17) is 4.98 Å². The van der Waals surface area contributed by atoms with Crippen molar-refractivity contribution in [2.75, 3.05) is 26.2 Å². The van der Waals surface area contributed by atoms with Gasteiger partial charge in [0, 0.05) is 31.6 Å². The van der Waals surface area contributed by atoms with Crippen molar-refractivity contribution in [1.29, 1.82) is 0 Å². The van der Waals surface area contributed by atoms with Gasteiger partial charge in [0.15, 0.2) is 0 Å². The minimum absolute atomic E-state index is 0.222. The second-order valence-corrected chi connectivity index (χ2v) is 9.47. The van der Waals surface area contributed by atoms with Crippen LogP contribution in [0.15, 0.2) is 65.4 Å². The Morgan fingerprint density at radius 2 is 1.77 bits per heavy atom. The molecule has 0 aliphatic carbocycles. The first kappa shape index (κ1) is 19.4. The van der Waals surface area contributed by atoms with Crippen LogP contribution in [-0.4, -0.2) is 46.9 Å². The molecule has 1 saturated heterocycles. The minimum Gasteiger partial charge on any atom is -0.340 e. The highest BCUT2D eigenvalue weighted by molar-refractivity contribution is 7.14. The lowest BCUT2D eigenvalue weighted by Crippen LogP contribution is -2.48. The summed E-state index contributed by atoms with van der Waals surface area (Å²) in [5, 5.41) is 7.75. The summed E-state index contributed by atoms with van der Waals surface area (Å²) in [4.78, 5) is 23.3. The van der Waals surface area contributed by atoms with Crippen molar-refractivity contribution >= 4 is 39.4 Å². The van der Waals surface area contributed by atoms with Crippen LogP contribution in [0.1, 0.15) is 10.6 Å². The number of thiazole rings is 1. The van der Waals surface area contributed by atoms with Crippen molar-refractivity contribution in [3.63, 3.8) is 0 Å². The molecule has 4 aromatic rings. The SMILES string of the molecule is O=C(Cc1cccc2ccccc12)N1CCN(Cc2nc(-c3cccs3)cs2)CC1. The van der Waals surface area contributed by atoms with Gasteiger partial charge in [-0.2, -0.15) is 0 Å². The quantitative estimate of drug-likeness (QED) is 0.449. The van der Waals surface area contributed by atoms with Gasteiger partial charge < -0.3 is 4.90 Å². The van der Waals surface area contributed by atoms with Crippen LogP contribution >= 0.6 is 22.7 Å². The lowest BCUT2D eigenvalue weighted by atomic mass is 10.0. The molecule has 0 atom stereocenters. The lowest BCUT2D eigenvalue weighted by molar-refractivity contribution is -0.132. The van der Waals surface area contributed by atoms with Crippen LogP contribution in [0.5, 0.6) is 0 Å². The Bertz CT molecular complexity index is 1140. The Kier molecular flexibility index (Phi) is 5.62. The van der Waals surface area contributed by atoms with E-state index >= 15 is 0 Å². The largest absolute Gasteiger partial charge is 0.340 e. The molecule has 0 saturated carbocycles. The number of aromatic nitrogens is 1. The molecule has 1 aliphatic heterocycles. The van der Waals surface area contributed by atoms with Gasteiger partial charge in [0.05, 0.1) is 23.5 Å². The second kappa shape index (κ2) is 8.68. The number of carbonyl (C=O) groups excluding carboxylic acids is 1. The zero-order valence-corrected chi connectivity index (χ0v) is 18.3. The first-order valence-electron chi connectivity index (χ1n) is 10.2. The van der Waals surface area contributed by atoms with Gasteiger partial charge in [-0.1, -0.05) is 48.5 Å². The normalized spacial score (nSPS) is 15.0. The van der Waals surface area contributed by atoms with Gasteiger partial charge in [-0.15, -0.1) is 22.7 Å². The van der Waals surface area contributed by atoms with E-state index < -0.39 is 0 Å². The van der Waals surface area contributed by atoms with E-state index in [1.54, 1.807) is 22.7 Å². The van der Waals surface area contributed by atoms with Crippen LogP contribution in [-0.2, 0) is 17.8 Å². The molecule has 1 amide bonds. The highest BCUT2D eigenvalue weighted by atomic mass is 32.1. The molecule has 0 unspecified atom stereocenters. The van der Waals surface area contributed by atoms with Crippen LogP contribution in [0.2, 0.25) is 0 Å². The smallest absolute Gasteiger partial charge is 0.227 e. The molecule has 2 aromatic carbocycles. The van der Waals surface area contributed by atoms with E-state index in [2.05, 4.69) is 52.1 Å². The molecule has 0 N–H and O–H groups in total. The first-order chi connectivity index (χ1) is 14.8. The highest BCUT2D eigenvalue weighted by Gasteiger charge is 2.22.